The molecule has 1 aliphatic rings. The monoisotopic (exact) mass is 457 g/mol. The number of nitrogens with two attached hydrogens (primary N) is 1. The average Bonchev–Trinajstić information content (AvgIpc) is 3.58. The number of hydrogen-bond acceptors (Lipinski definition) is 4. The first kappa shape index (κ1) is 22.2. The SMILES string of the molecule is Cc1nn(CC(=O)N(CC(=O)NCc2cccc(Cl)c2F)C2CC2)c2cc(CN)ccc12. The maximum atomic E-state index is 14.0. The van der Waals surface area contributed by atoms with Gasteiger partial charge in [-0.3, -0.25) is 14.3 Å². The molecule has 1 saturated carbocycles. The third-order valence-corrected chi connectivity index (χ3v) is 5.94. The van der Waals surface area contributed by atoms with Crippen LogP contribution in [0.1, 0.15) is 29.7 Å². The van der Waals surface area contributed by atoms with Gasteiger partial charge in [-0.2, -0.15) is 5.10 Å². The topological polar surface area (TPSA) is 93.2 Å². The molecule has 1 aliphatic carbocycles. The number of amides is 2. The summed E-state index contributed by atoms with van der Waals surface area (Å²) in [5, 5.41) is 8.17. The van der Waals surface area contributed by atoms with Crippen molar-refractivity contribution in [1.82, 2.24) is 20.0 Å². The van der Waals surface area contributed by atoms with Crippen LogP contribution in [-0.2, 0) is 29.2 Å². The summed E-state index contributed by atoms with van der Waals surface area (Å²) in [6.07, 6.45) is 1.72. The van der Waals surface area contributed by atoms with Gasteiger partial charge in [0, 0.05) is 30.1 Å². The molecule has 1 fully saturated rings. The number of carbonyl (C=O) groups is 2. The summed E-state index contributed by atoms with van der Waals surface area (Å²) in [5.41, 5.74) is 8.68. The van der Waals surface area contributed by atoms with Crippen molar-refractivity contribution in [3.8, 4) is 0 Å². The Morgan fingerprint density at radius 2 is 2.09 bits per heavy atom. The zero-order chi connectivity index (χ0) is 22.8. The number of carbonyl (C=O) groups excluding carboxylic acids is 2. The number of hydrogen-bond donors (Lipinski definition) is 2. The van der Waals surface area contributed by atoms with Crippen molar-refractivity contribution < 1.29 is 14.0 Å². The highest BCUT2D eigenvalue weighted by Crippen LogP contribution is 2.27. The first-order chi connectivity index (χ1) is 15.4. The lowest BCUT2D eigenvalue weighted by Gasteiger charge is -2.22. The average molecular weight is 458 g/mol. The predicted octanol–water partition coefficient (Wildman–Crippen LogP) is 2.90. The normalized spacial score (nSPS) is 13.4. The molecule has 0 unspecified atom stereocenters. The van der Waals surface area contributed by atoms with Gasteiger partial charge >= 0.3 is 0 Å². The lowest BCUT2D eigenvalue weighted by Crippen LogP contribution is -2.43. The van der Waals surface area contributed by atoms with Crippen LogP contribution in [-0.4, -0.2) is 39.1 Å². The van der Waals surface area contributed by atoms with Crippen LogP contribution < -0.4 is 11.1 Å². The predicted molar refractivity (Wildman–Crippen MR) is 120 cm³/mol. The van der Waals surface area contributed by atoms with E-state index in [0.29, 0.717) is 12.1 Å². The molecule has 0 aliphatic heterocycles. The van der Waals surface area contributed by atoms with Gasteiger partial charge in [-0.1, -0.05) is 35.9 Å². The van der Waals surface area contributed by atoms with E-state index in [9.17, 15) is 14.0 Å². The van der Waals surface area contributed by atoms with Crippen molar-refractivity contribution in [2.75, 3.05) is 6.54 Å². The van der Waals surface area contributed by atoms with Crippen LogP contribution in [0.5, 0.6) is 0 Å². The minimum Gasteiger partial charge on any atom is -0.350 e. The molecule has 2 aromatic carbocycles. The summed E-state index contributed by atoms with van der Waals surface area (Å²) >= 11 is 5.79. The number of halogens is 2. The second-order valence-electron chi connectivity index (χ2n) is 8.04. The van der Waals surface area contributed by atoms with Gasteiger partial charge in [0.15, 0.2) is 0 Å². The lowest BCUT2D eigenvalue weighted by atomic mass is 10.1. The van der Waals surface area contributed by atoms with Crippen LogP contribution >= 0.6 is 11.6 Å². The van der Waals surface area contributed by atoms with Crippen LogP contribution in [0, 0.1) is 12.7 Å². The van der Waals surface area contributed by atoms with Crippen LogP contribution in [0.2, 0.25) is 5.02 Å². The molecular weight excluding hydrogens is 433 g/mol. The fraction of sp³-hybridized carbons (Fsp3) is 0.348. The molecule has 1 heterocycles. The van der Waals surface area contributed by atoms with Gasteiger partial charge in [0.2, 0.25) is 11.8 Å². The molecule has 3 aromatic rings. The molecule has 0 radical (unpaired) electrons. The zero-order valence-corrected chi connectivity index (χ0v) is 18.5. The Kier molecular flexibility index (Phi) is 6.43. The van der Waals surface area contributed by atoms with E-state index in [1.807, 2.05) is 25.1 Å². The Hall–Kier alpha value is -2.97. The summed E-state index contributed by atoms with van der Waals surface area (Å²) in [6, 6.07) is 10.5. The second-order valence-corrected chi connectivity index (χ2v) is 8.45. The molecule has 0 atom stereocenters. The summed E-state index contributed by atoms with van der Waals surface area (Å²) in [4.78, 5) is 27.2. The van der Waals surface area contributed by atoms with Crippen LogP contribution in [0.15, 0.2) is 36.4 Å². The molecule has 0 spiro atoms. The Morgan fingerprint density at radius 3 is 2.81 bits per heavy atom. The fourth-order valence-electron chi connectivity index (χ4n) is 3.75. The highest BCUT2D eigenvalue weighted by Gasteiger charge is 2.34. The van der Waals surface area contributed by atoms with Crippen LogP contribution in [0.4, 0.5) is 4.39 Å². The maximum Gasteiger partial charge on any atom is 0.245 e. The van der Waals surface area contributed by atoms with E-state index in [0.717, 1.165) is 35.0 Å². The summed E-state index contributed by atoms with van der Waals surface area (Å²) in [6.45, 7) is 2.24. The van der Waals surface area contributed by atoms with Gasteiger partial charge < -0.3 is 16.0 Å². The van der Waals surface area contributed by atoms with Gasteiger partial charge in [-0.15, -0.1) is 0 Å². The molecule has 9 heteroatoms. The number of aryl methyl sites for hydroxylation is 1. The Balaban J connectivity index is 1.44. The lowest BCUT2D eigenvalue weighted by molar-refractivity contribution is -0.137. The van der Waals surface area contributed by atoms with Crippen LogP contribution in [0.25, 0.3) is 10.9 Å². The van der Waals surface area contributed by atoms with Gasteiger partial charge in [0.1, 0.15) is 12.4 Å². The third-order valence-electron chi connectivity index (χ3n) is 5.65. The molecule has 168 valence electrons. The van der Waals surface area contributed by atoms with Crippen LogP contribution in [0.3, 0.4) is 0 Å². The first-order valence-corrected chi connectivity index (χ1v) is 10.9. The van der Waals surface area contributed by atoms with E-state index in [-0.39, 0.29) is 42.5 Å². The van der Waals surface area contributed by atoms with E-state index < -0.39 is 5.82 Å². The molecule has 32 heavy (non-hydrogen) atoms. The van der Waals surface area contributed by atoms with Crippen molar-refractivity contribution in [3.63, 3.8) is 0 Å². The number of aromatic nitrogens is 2. The summed E-state index contributed by atoms with van der Waals surface area (Å²) < 4.78 is 15.7. The highest BCUT2D eigenvalue weighted by atomic mass is 35.5. The fourth-order valence-corrected chi connectivity index (χ4v) is 3.94. The number of fused-ring (bicyclic) bond motifs is 1. The highest BCUT2D eigenvalue weighted by molar-refractivity contribution is 6.30. The molecule has 2 amide bonds. The number of nitrogens with one attached hydrogen (secondary N) is 1. The van der Waals surface area contributed by atoms with E-state index >= 15 is 0 Å². The van der Waals surface area contributed by atoms with Crippen molar-refractivity contribution in [3.05, 3.63) is 64.1 Å². The van der Waals surface area contributed by atoms with Gasteiger partial charge in [-0.05, 0) is 37.5 Å². The number of nitrogens with zero attached hydrogens (tertiary/aromatic N) is 3. The van der Waals surface area contributed by atoms with Crippen molar-refractivity contribution >= 4 is 34.3 Å². The molecule has 3 N–H and O–H groups in total. The minimum atomic E-state index is -0.553. The smallest absolute Gasteiger partial charge is 0.245 e. The summed E-state index contributed by atoms with van der Waals surface area (Å²) in [7, 11) is 0. The van der Waals surface area contributed by atoms with Gasteiger partial charge in [-0.25, -0.2) is 4.39 Å². The maximum absolute atomic E-state index is 14.0. The van der Waals surface area contributed by atoms with E-state index in [1.54, 1.807) is 21.7 Å². The molecular formula is C23H25ClFN5O2. The molecule has 7 nitrogen and oxygen atoms in total. The van der Waals surface area contributed by atoms with E-state index in [1.165, 1.54) is 6.07 Å². The quantitative estimate of drug-likeness (QED) is 0.544. The minimum absolute atomic E-state index is 0.00276. The van der Waals surface area contributed by atoms with E-state index in [2.05, 4.69) is 10.4 Å². The second kappa shape index (κ2) is 9.26. The van der Waals surface area contributed by atoms with Crippen molar-refractivity contribution in [1.29, 1.82) is 0 Å². The zero-order valence-electron chi connectivity index (χ0n) is 17.8. The van der Waals surface area contributed by atoms with Gasteiger partial charge in [0.05, 0.1) is 22.8 Å². The Labute approximate surface area is 190 Å². The number of rotatable bonds is 8. The Bertz CT molecular complexity index is 1170. The molecule has 0 bridgehead atoms. The largest absolute Gasteiger partial charge is 0.350 e. The van der Waals surface area contributed by atoms with Crippen molar-refractivity contribution in [2.24, 2.45) is 5.73 Å². The third kappa shape index (κ3) is 4.76. The molecule has 1 aromatic heterocycles. The number of benzene rings is 2. The Morgan fingerprint density at radius 1 is 1.31 bits per heavy atom. The van der Waals surface area contributed by atoms with Crippen molar-refractivity contribution in [2.45, 2.75) is 45.4 Å². The van der Waals surface area contributed by atoms with Gasteiger partial charge in [0.25, 0.3) is 0 Å². The first-order valence-electron chi connectivity index (χ1n) is 10.5. The summed E-state index contributed by atoms with van der Waals surface area (Å²) in [5.74, 6) is -1.09. The molecule has 0 saturated heterocycles. The van der Waals surface area contributed by atoms with E-state index in [4.69, 9.17) is 17.3 Å². The standard InChI is InChI=1S/C23H25ClFN5O2/c1-14-18-8-5-15(10-26)9-20(18)30(28-14)13-22(32)29(17-6-7-17)12-21(31)27-11-16-3-2-4-19(24)23(16)25/h2-5,8-9,17H,6-7,10-13,26H2,1H3,(H,27,31). The molecule has 4 rings (SSSR count).